The van der Waals surface area contributed by atoms with Gasteiger partial charge >= 0.3 is 0 Å². The number of unbranched alkanes of at least 4 members (excludes halogenated alkanes) is 1. The van der Waals surface area contributed by atoms with E-state index in [2.05, 4.69) is 79.6 Å². The van der Waals surface area contributed by atoms with Crippen LogP contribution in [0.2, 0.25) is 0 Å². The molecule has 5 heteroatoms. The van der Waals surface area contributed by atoms with Crippen LogP contribution >= 0.6 is 0 Å². The quantitative estimate of drug-likeness (QED) is 0.356. The van der Waals surface area contributed by atoms with Gasteiger partial charge in [-0.15, -0.1) is 0 Å². The molecule has 1 aromatic heterocycles. The number of anilines is 4. The number of nitrogens with zero attached hydrogens (tertiary/aromatic N) is 1. The van der Waals surface area contributed by atoms with E-state index in [0.29, 0.717) is 11.6 Å². The molecule has 158 valence electrons. The van der Waals surface area contributed by atoms with Crippen molar-refractivity contribution in [2.75, 3.05) is 16.0 Å². The third-order valence-corrected chi connectivity index (χ3v) is 4.77. The summed E-state index contributed by atoms with van der Waals surface area (Å²) >= 11 is 0. The maximum Gasteiger partial charge on any atom is 0.175 e. The molecule has 0 aliphatic carbocycles. The summed E-state index contributed by atoms with van der Waals surface area (Å²) in [6, 6.07) is 18.6. The molecule has 3 N–H and O–H groups in total. The van der Waals surface area contributed by atoms with Crippen LogP contribution in [0, 0.1) is 0 Å². The summed E-state index contributed by atoms with van der Waals surface area (Å²) < 4.78 is 5.39. The zero-order valence-electron chi connectivity index (χ0n) is 18.4. The van der Waals surface area contributed by atoms with Crippen molar-refractivity contribution >= 4 is 22.9 Å². The van der Waals surface area contributed by atoms with E-state index < -0.39 is 0 Å². The van der Waals surface area contributed by atoms with E-state index in [0.717, 1.165) is 29.2 Å². The molecule has 0 atom stereocenters. The predicted octanol–water partition coefficient (Wildman–Crippen LogP) is 7.05. The highest BCUT2D eigenvalue weighted by molar-refractivity contribution is 5.64. The Hall–Kier alpha value is -3.21. The van der Waals surface area contributed by atoms with Crippen molar-refractivity contribution in [3.63, 3.8) is 0 Å². The minimum Gasteiger partial charge on any atom is -0.359 e. The lowest BCUT2D eigenvalue weighted by Crippen LogP contribution is -2.10. The molecule has 0 radical (unpaired) electrons. The Morgan fingerprint density at radius 2 is 1.53 bits per heavy atom. The second kappa shape index (κ2) is 9.53. The largest absolute Gasteiger partial charge is 0.359 e. The smallest absolute Gasteiger partial charge is 0.175 e. The van der Waals surface area contributed by atoms with Crippen LogP contribution in [-0.4, -0.2) is 5.16 Å². The summed E-state index contributed by atoms with van der Waals surface area (Å²) in [5.74, 6) is 2.09. The Morgan fingerprint density at radius 1 is 0.933 bits per heavy atom. The topological polar surface area (TPSA) is 62.1 Å². The maximum absolute atomic E-state index is 5.39. The number of aromatic nitrogens is 1. The van der Waals surface area contributed by atoms with Gasteiger partial charge in [-0.1, -0.05) is 58.0 Å². The molecular formula is C25H32N4O. The Labute approximate surface area is 179 Å². The first-order valence-electron chi connectivity index (χ1n) is 10.5. The van der Waals surface area contributed by atoms with Gasteiger partial charge in [0, 0.05) is 28.5 Å². The Morgan fingerprint density at radius 3 is 2.10 bits per heavy atom. The van der Waals surface area contributed by atoms with E-state index in [1.807, 2.05) is 30.3 Å². The van der Waals surface area contributed by atoms with Crippen molar-refractivity contribution in [3.8, 4) is 0 Å². The van der Waals surface area contributed by atoms with E-state index in [4.69, 9.17) is 4.52 Å². The summed E-state index contributed by atoms with van der Waals surface area (Å²) in [6.07, 6.45) is 3.59. The van der Waals surface area contributed by atoms with Gasteiger partial charge < -0.3 is 20.5 Å². The van der Waals surface area contributed by atoms with Crippen molar-refractivity contribution in [2.45, 2.75) is 52.4 Å². The van der Waals surface area contributed by atoms with Crippen molar-refractivity contribution in [2.24, 2.45) is 0 Å². The molecule has 0 amide bonds. The van der Waals surface area contributed by atoms with Crippen LogP contribution in [0.4, 0.5) is 22.9 Å². The number of hydrogen-bond donors (Lipinski definition) is 3. The summed E-state index contributed by atoms with van der Waals surface area (Å²) in [5.41, 5.74) is 4.36. The fraction of sp³-hybridized carbons (Fsp3) is 0.320. The molecule has 0 unspecified atom stereocenters. The lowest BCUT2D eigenvalue weighted by atomic mass is 9.93. The van der Waals surface area contributed by atoms with Gasteiger partial charge in [-0.05, 0) is 54.8 Å². The third-order valence-electron chi connectivity index (χ3n) is 4.77. The van der Waals surface area contributed by atoms with Crippen LogP contribution in [0.15, 0.2) is 71.5 Å². The van der Waals surface area contributed by atoms with Gasteiger partial charge in [0.1, 0.15) is 11.6 Å². The minimum atomic E-state index is -0.0830. The fourth-order valence-electron chi connectivity index (χ4n) is 2.99. The molecule has 0 bridgehead atoms. The van der Waals surface area contributed by atoms with Gasteiger partial charge in [-0.3, -0.25) is 0 Å². The number of aryl methyl sites for hydroxylation is 1. The summed E-state index contributed by atoms with van der Waals surface area (Å²) in [7, 11) is 0. The van der Waals surface area contributed by atoms with Crippen LogP contribution in [0.1, 0.15) is 51.9 Å². The molecular weight excluding hydrogens is 372 g/mol. The molecule has 0 aliphatic rings. The maximum atomic E-state index is 5.39. The number of hydrogen-bond acceptors (Lipinski definition) is 5. The van der Waals surface area contributed by atoms with E-state index in [-0.39, 0.29) is 5.41 Å². The SMILES string of the molecule is C=C(Nc1ccc(Nc2ccc(CCCC)cc2)cc1)Nc1cc(C(C)(C)C)on1. The van der Waals surface area contributed by atoms with E-state index in [1.165, 1.54) is 18.4 Å². The van der Waals surface area contributed by atoms with Gasteiger partial charge in [0.15, 0.2) is 5.82 Å². The number of nitrogens with one attached hydrogen (secondary N) is 3. The molecule has 3 rings (SSSR count). The van der Waals surface area contributed by atoms with E-state index >= 15 is 0 Å². The van der Waals surface area contributed by atoms with Crippen LogP contribution in [0.25, 0.3) is 0 Å². The standard InChI is InChI=1S/C25H32N4O/c1-6-7-8-19-9-11-21(12-10-19)28-22-15-13-20(14-16-22)26-18(2)27-24-17-23(30-29-24)25(3,4)5/h9-17,26,28H,2,6-8H2,1,3-5H3,(H,27,29). The average molecular weight is 405 g/mol. The van der Waals surface area contributed by atoms with E-state index in [9.17, 15) is 0 Å². The van der Waals surface area contributed by atoms with E-state index in [1.54, 1.807) is 0 Å². The van der Waals surface area contributed by atoms with Gasteiger partial charge in [-0.2, -0.15) is 0 Å². The monoisotopic (exact) mass is 404 g/mol. The highest BCUT2D eigenvalue weighted by Crippen LogP contribution is 2.25. The second-order valence-electron chi connectivity index (χ2n) is 8.56. The summed E-state index contributed by atoms with van der Waals surface area (Å²) in [6.45, 7) is 12.5. The lowest BCUT2D eigenvalue weighted by molar-refractivity contribution is 0.331. The first-order chi connectivity index (χ1) is 14.3. The molecule has 5 nitrogen and oxygen atoms in total. The van der Waals surface area contributed by atoms with Crippen LogP contribution < -0.4 is 16.0 Å². The molecule has 1 heterocycles. The van der Waals surface area contributed by atoms with Gasteiger partial charge in [0.25, 0.3) is 0 Å². The molecule has 0 saturated carbocycles. The fourth-order valence-corrected chi connectivity index (χ4v) is 2.99. The summed E-state index contributed by atoms with van der Waals surface area (Å²) in [4.78, 5) is 0. The highest BCUT2D eigenvalue weighted by atomic mass is 16.5. The first-order valence-corrected chi connectivity index (χ1v) is 10.5. The Kier molecular flexibility index (Phi) is 6.83. The second-order valence-corrected chi connectivity index (χ2v) is 8.56. The van der Waals surface area contributed by atoms with Gasteiger partial charge in [-0.25, -0.2) is 0 Å². The molecule has 30 heavy (non-hydrogen) atoms. The third kappa shape index (κ3) is 6.14. The number of benzene rings is 2. The Bertz CT molecular complexity index is 950. The average Bonchev–Trinajstić information content (AvgIpc) is 3.18. The summed E-state index contributed by atoms with van der Waals surface area (Å²) in [5, 5.41) is 13.9. The van der Waals surface area contributed by atoms with Crippen LogP contribution in [0.5, 0.6) is 0 Å². The zero-order chi connectivity index (χ0) is 21.6. The molecule has 0 spiro atoms. The van der Waals surface area contributed by atoms with Crippen molar-refractivity contribution in [1.82, 2.24) is 5.16 Å². The zero-order valence-corrected chi connectivity index (χ0v) is 18.4. The van der Waals surface area contributed by atoms with Gasteiger partial charge in [0.05, 0.1) is 0 Å². The predicted molar refractivity (Wildman–Crippen MR) is 126 cm³/mol. The van der Waals surface area contributed by atoms with Crippen LogP contribution in [0.3, 0.4) is 0 Å². The Balaban J connectivity index is 1.52. The highest BCUT2D eigenvalue weighted by Gasteiger charge is 2.19. The van der Waals surface area contributed by atoms with Crippen LogP contribution in [-0.2, 0) is 11.8 Å². The van der Waals surface area contributed by atoms with Crippen molar-refractivity contribution in [3.05, 3.63) is 78.3 Å². The van der Waals surface area contributed by atoms with Gasteiger partial charge in [0.2, 0.25) is 0 Å². The lowest BCUT2D eigenvalue weighted by Gasteiger charge is -2.13. The van der Waals surface area contributed by atoms with Crippen molar-refractivity contribution in [1.29, 1.82) is 0 Å². The normalized spacial score (nSPS) is 11.2. The number of rotatable bonds is 9. The molecule has 3 aromatic rings. The van der Waals surface area contributed by atoms with Crippen molar-refractivity contribution < 1.29 is 4.52 Å². The molecule has 0 saturated heterocycles. The molecule has 0 aliphatic heterocycles. The molecule has 2 aromatic carbocycles. The minimum absolute atomic E-state index is 0.0830. The first kappa shape index (κ1) is 21.5. The molecule has 0 fully saturated rings.